The van der Waals surface area contributed by atoms with Crippen molar-refractivity contribution in [3.8, 4) is 0 Å². The van der Waals surface area contributed by atoms with Crippen LogP contribution in [0, 0.1) is 5.92 Å². The van der Waals surface area contributed by atoms with Crippen molar-refractivity contribution in [3.63, 3.8) is 0 Å². The Morgan fingerprint density at radius 1 is 1.16 bits per heavy atom. The number of hydrogen-bond donors (Lipinski definition) is 2. The second-order valence-corrected chi connectivity index (χ2v) is 6.34. The molecule has 2 N–H and O–H groups in total. The monoisotopic (exact) mass is 338 g/mol. The molecule has 1 saturated heterocycles. The normalized spacial score (nSPS) is 21.2. The Morgan fingerprint density at radius 2 is 1.76 bits per heavy atom. The van der Waals surface area contributed by atoms with Crippen molar-refractivity contribution in [2.75, 3.05) is 13.6 Å². The summed E-state index contributed by atoms with van der Waals surface area (Å²) >= 11 is 0. The highest BCUT2D eigenvalue weighted by Gasteiger charge is 2.42. The molecule has 3 atom stereocenters. The van der Waals surface area contributed by atoms with Crippen LogP contribution in [-0.2, 0) is 9.59 Å². The van der Waals surface area contributed by atoms with Crippen LogP contribution in [0.25, 0.3) is 0 Å². The second-order valence-electron chi connectivity index (χ2n) is 6.34. The van der Waals surface area contributed by atoms with Gasteiger partial charge in [0.25, 0.3) is 0 Å². The number of nitrogens with zero attached hydrogens (tertiary/aromatic N) is 1. The van der Waals surface area contributed by atoms with E-state index in [1.807, 2.05) is 60.7 Å². The summed E-state index contributed by atoms with van der Waals surface area (Å²) in [7, 11) is 1.73. The molecular formula is C20H22N2O3. The highest BCUT2D eigenvalue weighted by atomic mass is 16.3. The predicted octanol–water partition coefficient (Wildman–Crippen LogP) is 2.06. The van der Waals surface area contributed by atoms with Gasteiger partial charge in [0.1, 0.15) is 0 Å². The van der Waals surface area contributed by atoms with E-state index in [1.165, 1.54) is 0 Å². The van der Waals surface area contributed by atoms with E-state index in [0.29, 0.717) is 0 Å². The third kappa shape index (κ3) is 3.72. The van der Waals surface area contributed by atoms with E-state index >= 15 is 0 Å². The fraction of sp³-hybridized carbons (Fsp3) is 0.300. The van der Waals surface area contributed by atoms with E-state index in [2.05, 4.69) is 5.32 Å². The van der Waals surface area contributed by atoms with Crippen molar-refractivity contribution in [2.24, 2.45) is 5.92 Å². The molecule has 25 heavy (non-hydrogen) atoms. The maximum atomic E-state index is 12.7. The number of aliphatic hydroxyl groups excluding tert-OH is 1. The minimum atomic E-state index is -0.768. The van der Waals surface area contributed by atoms with Gasteiger partial charge >= 0.3 is 0 Å². The van der Waals surface area contributed by atoms with Crippen molar-refractivity contribution in [3.05, 3.63) is 71.8 Å². The number of amides is 2. The summed E-state index contributed by atoms with van der Waals surface area (Å²) in [6, 6.07) is 18.5. The first kappa shape index (κ1) is 17.2. The van der Waals surface area contributed by atoms with Gasteiger partial charge in [-0.1, -0.05) is 60.7 Å². The summed E-state index contributed by atoms with van der Waals surface area (Å²) in [5, 5.41) is 13.0. The third-order valence-electron chi connectivity index (χ3n) is 4.72. The number of carbonyl (C=O) groups excluding carboxylic acids is 2. The van der Waals surface area contributed by atoms with Gasteiger partial charge in [-0.2, -0.15) is 0 Å². The summed E-state index contributed by atoms with van der Waals surface area (Å²) in [4.78, 5) is 26.4. The first-order valence-corrected chi connectivity index (χ1v) is 8.39. The molecule has 1 heterocycles. The highest BCUT2D eigenvalue weighted by molar-refractivity contribution is 5.90. The number of carbonyl (C=O) groups is 2. The van der Waals surface area contributed by atoms with E-state index in [4.69, 9.17) is 0 Å². The zero-order valence-electron chi connectivity index (χ0n) is 14.1. The van der Waals surface area contributed by atoms with Gasteiger partial charge in [0.05, 0.1) is 18.1 Å². The molecule has 2 aromatic rings. The van der Waals surface area contributed by atoms with Gasteiger partial charge in [-0.15, -0.1) is 0 Å². The van der Waals surface area contributed by atoms with Gasteiger partial charge in [0.15, 0.2) is 0 Å². The Kier molecular flexibility index (Phi) is 5.14. The molecule has 130 valence electrons. The lowest BCUT2D eigenvalue weighted by molar-refractivity contribution is -0.128. The topological polar surface area (TPSA) is 69.6 Å². The van der Waals surface area contributed by atoms with E-state index in [9.17, 15) is 14.7 Å². The van der Waals surface area contributed by atoms with E-state index in [1.54, 1.807) is 11.9 Å². The Bertz CT molecular complexity index is 733. The van der Waals surface area contributed by atoms with Crippen LogP contribution in [0.1, 0.15) is 29.7 Å². The molecule has 0 unspecified atom stereocenters. The maximum Gasteiger partial charge on any atom is 0.226 e. The SMILES string of the molecule is CN1C(=O)C[C@@H](C(=O)NC[C@H](O)c2ccccc2)[C@H]1c1ccccc1. The van der Waals surface area contributed by atoms with E-state index in [0.717, 1.165) is 11.1 Å². The van der Waals surface area contributed by atoms with Crippen LogP contribution in [0.15, 0.2) is 60.7 Å². The molecule has 0 aromatic heterocycles. The lowest BCUT2D eigenvalue weighted by atomic mass is 9.93. The molecule has 0 aliphatic carbocycles. The lowest BCUT2D eigenvalue weighted by Gasteiger charge is -2.25. The molecule has 0 spiro atoms. The Hall–Kier alpha value is -2.66. The molecule has 1 aliphatic heterocycles. The van der Waals surface area contributed by atoms with Gasteiger partial charge in [-0.3, -0.25) is 9.59 Å². The fourth-order valence-electron chi connectivity index (χ4n) is 3.33. The smallest absolute Gasteiger partial charge is 0.226 e. The minimum absolute atomic E-state index is 0.0439. The van der Waals surface area contributed by atoms with Gasteiger partial charge in [0, 0.05) is 20.0 Å². The number of likely N-dealkylation sites (tertiary alicyclic amines) is 1. The molecule has 0 saturated carbocycles. The number of hydrogen-bond acceptors (Lipinski definition) is 3. The van der Waals surface area contributed by atoms with Crippen molar-refractivity contribution >= 4 is 11.8 Å². The molecule has 1 fully saturated rings. The average molecular weight is 338 g/mol. The molecule has 5 heteroatoms. The molecule has 0 radical (unpaired) electrons. The Balaban J connectivity index is 1.69. The van der Waals surface area contributed by atoms with Crippen LogP contribution in [0.2, 0.25) is 0 Å². The van der Waals surface area contributed by atoms with Crippen LogP contribution >= 0.6 is 0 Å². The summed E-state index contributed by atoms with van der Waals surface area (Å²) in [5.41, 5.74) is 1.70. The molecule has 2 aromatic carbocycles. The van der Waals surface area contributed by atoms with E-state index in [-0.39, 0.29) is 30.8 Å². The highest BCUT2D eigenvalue weighted by Crippen LogP contribution is 2.37. The second kappa shape index (κ2) is 7.49. The summed E-state index contributed by atoms with van der Waals surface area (Å²) < 4.78 is 0. The van der Waals surface area contributed by atoms with Crippen molar-refractivity contribution in [1.82, 2.24) is 10.2 Å². The molecule has 1 aliphatic rings. The minimum Gasteiger partial charge on any atom is -0.387 e. The maximum absolute atomic E-state index is 12.7. The average Bonchev–Trinajstić information content (AvgIpc) is 2.96. The Labute approximate surface area is 147 Å². The van der Waals surface area contributed by atoms with Crippen LogP contribution < -0.4 is 5.32 Å². The third-order valence-corrected chi connectivity index (χ3v) is 4.72. The quantitative estimate of drug-likeness (QED) is 0.877. The molecule has 5 nitrogen and oxygen atoms in total. The van der Waals surface area contributed by atoms with Crippen LogP contribution in [0.4, 0.5) is 0 Å². The van der Waals surface area contributed by atoms with Crippen molar-refractivity contribution in [1.29, 1.82) is 0 Å². The largest absolute Gasteiger partial charge is 0.387 e. The first-order chi connectivity index (χ1) is 12.1. The zero-order chi connectivity index (χ0) is 17.8. The number of aliphatic hydroxyl groups is 1. The summed E-state index contributed by atoms with van der Waals surface area (Å²) in [6.45, 7) is 0.124. The predicted molar refractivity (Wildman–Crippen MR) is 94.5 cm³/mol. The standard InChI is InChI=1S/C20H22N2O3/c1-22-18(24)12-16(19(22)15-10-6-3-7-11-15)20(25)21-13-17(23)14-8-4-2-5-9-14/h2-11,16-17,19,23H,12-13H2,1H3,(H,21,25)/t16-,17+,19-/m1/s1. The van der Waals surface area contributed by atoms with Gasteiger partial charge < -0.3 is 15.3 Å². The van der Waals surface area contributed by atoms with Crippen LogP contribution in [0.3, 0.4) is 0 Å². The zero-order valence-corrected chi connectivity index (χ0v) is 14.1. The summed E-state index contributed by atoms with van der Waals surface area (Å²) in [5.74, 6) is -0.706. The van der Waals surface area contributed by atoms with Gasteiger partial charge in [-0.05, 0) is 11.1 Å². The van der Waals surface area contributed by atoms with E-state index < -0.39 is 12.0 Å². The molecular weight excluding hydrogens is 316 g/mol. The van der Waals surface area contributed by atoms with Crippen molar-refractivity contribution in [2.45, 2.75) is 18.6 Å². The van der Waals surface area contributed by atoms with Gasteiger partial charge in [0.2, 0.25) is 11.8 Å². The lowest BCUT2D eigenvalue weighted by Crippen LogP contribution is -2.36. The summed E-state index contributed by atoms with van der Waals surface area (Å²) in [6.07, 6.45) is -0.585. The van der Waals surface area contributed by atoms with Crippen molar-refractivity contribution < 1.29 is 14.7 Å². The number of benzene rings is 2. The Morgan fingerprint density at radius 3 is 2.40 bits per heavy atom. The molecule has 2 amide bonds. The molecule has 0 bridgehead atoms. The van der Waals surface area contributed by atoms with Gasteiger partial charge in [-0.25, -0.2) is 0 Å². The first-order valence-electron chi connectivity index (χ1n) is 8.39. The van der Waals surface area contributed by atoms with Crippen LogP contribution in [0.5, 0.6) is 0 Å². The molecule has 3 rings (SSSR count). The number of nitrogens with one attached hydrogen (secondary N) is 1. The number of rotatable bonds is 5. The van der Waals surface area contributed by atoms with Crippen LogP contribution in [-0.4, -0.2) is 35.4 Å². The fourth-order valence-corrected chi connectivity index (χ4v) is 3.33.